The summed E-state index contributed by atoms with van der Waals surface area (Å²) in [5.41, 5.74) is 10.3. The number of nitrogen functional groups attached to an aromatic ring is 1. The van der Waals surface area contributed by atoms with E-state index in [-0.39, 0.29) is 5.82 Å². The number of hydrogen-bond acceptors (Lipinski definition) is 2. The van der Waals surface area contributed by atoms with Crippen molar-refractivity contribution in [2.75, 3.05) is 5.73 Å². The van der Waals surface area contributed by atoms with Gasteiger partial charge in [0, 0.05) is 12.6 Å². The Morgan fingerprint density at radius 1 is 1.05 bits per heavy atom. The first-order valence-electron chi connectivity index (χ1n) is 6.72. The van der Waals surface area contributed by atoms with E-state index in [2.05, 4.69) is 5.10 Å². The SMILES string of the molecule is Cc1cc(-c2nn(C)c(N)c2-c2ccccc2)ccc1F. The predicted octanol–water partition coefficient (Wildman–Crippen LogP) is 3.78. The minimum atomic E-state index is -0.219. The molecule has 0 unspecified atom stereocenters. The van der Waals surface area contributed by atoms with Crippen LogP contribution in [0.2, 0.25) is 0 Å². The number of hydrogen-bond donors (Lipinski definition) is 1. The topological polar surface area (TPSA) is 43.8 Å². The molecule has 0 atom stereocenters. The Bertz CT molecular complexity index is 791. The molecule has 21 heavy (non-hydrogen) atoms. The summed E-state index contributed by atoms with van der Waals surface area (Å²) in [6.45, 7) is 1.74. The molecule has 0 aliphatic rings. The smallest absolute Gasteiger partial charge is 0.129 e. The second-order valence-electron chi connectivity index (χ2n) is 5.06. The molecule has 3 nitrogen and oxygen atoms in total. The first-order chi connectivity index (χ1) is 10.1. The molecule has 0 aliphatic heterocycles. The third kappa shape index (κ3) is 2.29. The number of halogens is 1. The quantitative estimate of drug-likeness (QED) is 0.776. The van der Waals surface area contributed by atoms with E-state index in [1.165, 1.54) is 6.07 Å². The molecule has 0 saturated carbocycles. The van der Waals surface area contributed by atoms with Crippen LogP contribution in [0.3, 0.4) is 0 Å². The Labute approximate surface area is 122 Å². The lowest BCUT2D eigenvalue weighted by Crippen LogP contribution is -1.97. The molecule has 0 aliphatic carbocycles. The van der Waals surface area contributed by atoms with E-state index in [4.69, 9.17) is 5.73 Å². The first-order valence-corrected chi connectivity index (χ1v) is 6.72. The van der Waals surface area contributed by atoms with E-state index in [0.29, 0.717) is 11.4 Å². The Balaban J connectivity index is 2.24. The van der Waals surface area contributed by atoms with E-state index >= 15 is 0 Å². The highest BCUT2D eigenvalue weighted by Crippen LogP contribution is 2.36. The Morgan fingerprint density at radius 3 is 2.43 bits per heavy atom. The maximum absolute atomic E-state index is 13.5. The molecule has 0 amide bonds. The number of nitrogens with zero attached hydrogens (tertiary/aromatic N) is 2. The number of benzene rings is 2. The highest BCUT2D eigenvalue weighted by molar-refractivity contribution is 5.88. The van der Waals surface area contributed by atoms with Crippen LogP contribution in [0, 0.1) is 12.7 Å². The van der Waals surface area contributed by atoms with Crippen molar-refractivity contribution in [3.8, 4) is 22.4 Å². The van der Waals surface area contributed by atoms with Gasteiger partial charge >= 0.3 is 0 Å². The van der Waals surface area contributed by atoms with Crippen LogP contribution in [0.4, 0.5) is 10.2 Å². The Morgan fingerprint density at radius 2 is 1.76 bits per heavy atom. The van der Waals surface area contributed by atoms with Gasteiger partial charge in [-0.2, -0.15) is 5.10 Å². The minimum absolute atomic E-state index is 0.219. The summed E-state index contributed by atoms with van der Waals surface area (Å²) in [5, 5.41) is 4.50. The highest BCUT2D eigenvalue weighted by atomic mass is 19.1. The zero-order valence-electron chi connectivity index (χ0n) is 12.0. The zero-order chi connectivity index (χ0) is 15.0. The molecule has 0 radical (unpaired) electrons. The highest BCUT2D eigenvalue weighted by Gasteiger charge is 2.17. The van der Waals surface area contributed by atoms with Gasteiger partial charge in [-0.3, -0.25) is 4.68 Å². The van der Waals surface area contributed by atoms with Crippen molar-refractivity contribution < 1.29 is 4.39 Å². The fourth-order valence-electron chi connectivity index (χ4n) is 2.42. The van der Waals surface area contributed by atoms with Crippen molar-refractivity contribution in [3.05, 3.63) is 59.9 Å². The van der Waals surface area contributed by atoms with Crippen LogP contribution in [-0.4, -0.2) is 9.78 Å². The van der Waals surface area contributed by atoms with Gasteiger partial charge in [-0.15, -0.1) is 0 Å². The third-order valence-corrected chi connectivity index (χ3v) is 3.59. The van der Waals surface area contributed by atoms with E-state index in [1.54, 1.807) is 23.7 Å². The molecule has 0 fully saturated rings. The van der Waals surface area contributed by atoms with Crippen LogP contribution >= 0.6 is 0 Å². The second kappa shape index (κ2) is 5.05. The third-order valence-electron chi connectivity index (χ3n) is 3.59. The summed E-state index contributed by atoms with van der Waals surface area (Å²) < 4.78 is 15.1. The van der Waals surface area contributed by atoms with Crippen molar-refractivity contribution in [1.82, 2.24) is 9.78 Å². The van der Waals surface area contributed by atoms with Crippen LogP contribution < -0.4 is 5.73 Å². The van der Waals surface area contributed by atoms with Crippen molar-refractivity contribution in [2.45, 2.75) is 6.92 Å². The van der Waals surface area contributed by atoms with Gasteiger partial charge in [-0.1, -0.05) is 30.3 Å². The molecule has 0 spiro atoms. The number of aryl methyl sites for hydroxylation is 2. The van der Waals surface area contributed by atoms with Crippen molar-refractivity contribution in [3.63, 3.8) is 0 Å². The molecule has 3 rings (SSSR count). The molecule has 1 aromatic heterocycles. The van der Waals surface area contributed by atoms with E-state index in [1.807, 2.05) is 37.4 Å². The molecule has 3 aromatic rings. The molecule has 4 heteroatoms. The van der Waals surface area contributed by atoms with Gasteiger partial charge in [0.25, 0.3) is 0 Å². The monoisotopic (exact) mass is 281 g/mol. The number of aromatic nitrogens is 2. The maximum Gasteiger partial charge on any atom is 0.129 e. The summed E-state index contributed by atoms with van der Waals surface area (Å²) in [7, 11) is 1.81. The molecule has 1 heterocycles. The van der Waals surface area contributed by atoms with Gasteiger partial charge in [0.2, 0.25) is 0 Å². The molecule has 106 valence electrons. The summed E-state index contributed by atoms with van der Waals surface area (Å²) in [6, 6.07) is 14.9. The van der Waals surface area contributed by atoms with Crippen molar-refractivity contribution >= 4 is 5.82 Å². The van der Waals surface area contributed by atoms with E-state index in [9.17, 15) is 4.39 Å². The van der Waals surface area contributed by atoms with Crippen molar-refractivity contribution in [1.29, 1.82) is 0 Å². The van der Waals surface area contributed by atoms with Gasteiger partial charge < -0.3 is 5.73 Å². The average Bonchev–Trinajstić information content (AvgIpc) is 2.79. The lowest BCUT2D eigenvalue weighted by atomic mass is 10.00. The fourth-order valence-corrected chi connectivity index (χ4v) is 2.42. The second-order valence-corrected chi connectivity index (χ2v) is 5.06. The molecule has 0 saturated heterocycles. The standard InChI is InChI=1S/C17H16FN3/c1-11-10-13(8-9-14(11)18)16-15(17(19)21(2)20-16)12-6-4-3-5-7-12/h3-10H,19H2,1-2H3. The zero-order valence-corrected chi connectivity index (χ0v) is 12.0. The lowest BCUT2D eigenvalue weighted by Gasteiger charge is -2.05. The van der Waals surface area contributed by atoms with Crippen molar-refractivity contribution in [2.24, 2.45) is 7.05 Å². The molecule has 2 N–H and O–H groups in total. The predicted molar refractivity (Wildman–Crippen MR) is 83.2 cm³/mol. The molecular weight excluding hydrogens is 265 g/mol. The normalized spacial score (nSPS) is 10.8. The summed E-state index contributed by atoms with van der Waals surface area (Å²) >= 11 is 0. The summed E-state index contributed by atoms with van der Waals surface area (Å²) in [4.78, 5) is 0. The van der Waals surface area contributed by atoms with Crippen LogP contribution in [-0.2, 0) is 7.05 Å². The molecular formula is C17H16FN3. The van der Waals surface area contributed by atoms with Gasteiger partial charge in [0.05, 0.1) is 5.56 Å². The van der Waals surface area contributed by atoms with E-state index in [0.717, 1.165) is 22.4 Å². The van der Waals surface area contributed by atoms with Crippen LogP contribution in [0.25, 0.3) is 22.4 Å². The first kappa shape index (κ1) is 13.4. The molecule has 0 bridgehead atoms. The number of rotatable bonds is 2. The van der Waals surface area contributed by atoms with Gasteiger partial charge in [0.1, 0.15) is 17.3 Å². The number of anilines is 1. The average molecular weight is 281 g/mol. The fraction of sp³-hybridized carbons (Fsp3) is 0.118. The van der Waals surface area contributed by atoms with Gasteiger partial charge in [0.15, 0.2) is 0 Å². The Hall–Kier alpha value is -2.62. The van der Waals surface area contributed by atoms with Crippen LogP contribution in [0.5, 0.6) is 0 Å². The minimum Gasteiger partial charge on any atom is -0.383 e. The van der Waals surface area contributed by atoms with Gasteiger partial charge in [-0.05, 0) is 36.2 Å². The molecule has 2 aromatic carbocycles. The Kier molecular flexibility index (Phi) is 3.22. The van der Waals surface area contributed by atoms with Gasteiger partial charge in [-0.25, -0.2) is 4.39 Å². The van der Waals surface area contributed by atoms with E-state index < -0.39 is 0 Å². The maximum atomic E-state index is 13.5. The van der Waals surface area contributed by atoms with Crippen LogP contribution in [0.15, 0.2) is 48.5 Å². The summed E-state index contributed by atoms with van der Waals surface area (Å²) in [5.74, 6) is 0.377. The lowest BCUT2D eigenvalue weighted by molar-refractivity contribution is 0.618. The largest absolute Gasteiger partial charge is 0.383 e. The van der Waals surface area contributed by atoms with Crippen LogP contribution in [0.1, 0.15) is 5.56 Å². The summed E-state index contributed by atoms with van der Waals surface area (Å²) in [6.07, 6.45) is 0. The number of nitrogens with two attached hydrogens (primary N) is 1.